The molecule has 0 atom stereocenters. The fourth-order valence-corrected chi connectivity index (χ4v) is 2.65. The zero-order chi connectivity index (χ0) is 9.97. The predicted octanol–water partition coefficient (Wildman–Crippen LogP) is 3.74. The molecule has 0 saturated heterocycles. The highest BCUT2D eigenvalue weighted by molar-refractivity contribution is 9.11. The summed E-state index contributed by atoms with van der Waals surface area (Å²) in [5.41, 5.74) is 1.09. The summed E-state index contributed by atoms with van der Waals surface area (Å²) in [6, 6.07) is 0.519. The highest BCUT2D eigenvalue weighted by Crippen LogP contribution is 2.31. The quantitative estimate of drug-likeness (QED) is 0.841. The van der Waals surface area contributed by atoms with Gasteiger partial charge in [0.1, 0.15) is 0 Å². The Labute approximate surface area is 100 Å². The molecule has 1 aromatic rings. The second-order valence-electron chi connectivity index (χ2n) is 3.26. The van der Waals surface area contributed by atoms with Crippen LogP contribution in [0, 0.1) is 0 Å². The zero-order valence-corrected chi connectivity index (χ0v) is 10.7. The number of aromatic nitrogens is 1. The lowest BCUT2D eigenvalue weighted by molar-refractivity contribution is 0.785. The molecular formula is C10H10Br2N2. The lowest BCUT2D eigenvalue weighted by Gasteiger charge is -2.15. The van der Waals surface area contributed by atoms with E-state index in [4.69, 9.17) is 0 Å². The first kappa shape index (κ1) is 10.2. The Bertz CT molecular complexity index is 335. The minimum Gasteiger partial charge on any atom is -0.380 e. The summed E-state index contributed by atoms with van der Waals surface area (Å²) in [6.07, 6.45) is 10.2. The number of rotatable bonds is 2. The van der Waals surface area contributed by atoms with Crippen molar-refractivity contribution >= 4 is 37.5 Å². The highest BCUT2D eigenvalue weighted by atomic mass is 79.9. The molecule has 4 heteroatoms. The minimum absolute atomic E-state index is 0.519. The van der Waals surface area contributed by atoms with Crippen molar-refractivity contribution in [3.8, 4) is 0 Å². The predicted molar refractivity (Wildman–Crippen MR) is 65.4 cm³/mol. The van der Waals surface area contributed by atoms with Gasteiger partial charge in [0.25, 0.3) is 0 Å². The van der Waals surface area contributed by atoms with Gasteiger partial charge in [0.05, 0.1) is 14.6 Å². The third-order valence-corrected chi connectivity index (χ3v) is 3.41. The second kappa shape index (κ2) is 4.45. The molecule has 1 aliphatic carbocycles. The average molecular weight is 318 g/mol. The van der Waals surface area contributed by atoms with Crippen LogP contribution in [0.1, 0.15) is 12.8 Å². The molecule has 2 nitrogen and oxygen atoms in total. The smallest absolute Gasteiger partial charge is 0.0662 e. The molecule has 0 aliphatic heterocycles. The molecule has 0 radical (unpaired) electrons. The third kappa shape index (κ3) is 2.17. The summed E-state index contributed by atoms with van der Waals surface area (Å²) in [5, 5.41) is 3.48. The largest absolute Gasteiger partial charge is 0.380 e. The Morgan fingerprint density at radius 3 is 2.29 bits per heavy atom. The Balaban J connectivity index is 2.15. The molecule has 0 fully saturated rings. The van der Waals surface area contributed by atoms with Gasteiger partial charge in [0.15, 0.2) is 0 Å². The average Bonchev–Trinajstić information content (AvgIpc) is 2.64. The number of hydrogen-bond acceptors (Lipinski definition) is 2. The van der Waals surface area contributed by atoms with Crippen molar-refractivity contribution in [1.82, 2.24) is 4.98 Å². The van der Waals surface area contributed by atoms with E-state index in [-0.39, 0.29) is 0 Å². The minimum atomic E-state index is 0.519. The van der Waals surface area contributed by atoms with Gasteiger partial charge in [-0.3, -0.25) is 4.98 Å². The molecular weight excluding hydrogens is 308 g/mol. The molecule has 1 N–H and O–H groups in total. The third-order valence-electron chi connectivity index (χ3n) is 2.21. The van der Waals surface area contributed by atoms with E-state index in [9.17, 15) is 0 Å². The monoisotopic (exact) mass is 316 g/mol. The fraction of sp³-hybridized carbons (Fsp3) is 0.300. The van der Waals surface area contributed by atoms with Crippen molar-refractivity contribution in [1.29, 1.82) is 0 Å². The van der Waals surface area contributed by atoms with Crippen molar-refractivity contribution in [2.75, 3.05) is 5.32 Å². The molecule has 2 rings (SSSR count). The number of hydrogen-bond donors (Lipinski definition) is 1. The molecule has 14 heavy (non-hydrogen) atoms. The number of anilines is 1. The van der Waals surface area contributed by atoms with E-state index < -0.39 is 0 Å². The van der Waals surface area contributed by atoms with Crippen LogP contribution in [0.5, 0.6) is 0 Å². The van der Waals surface area contributed by atoms with Crippen LogP contribution in [0.3, 0.4) is 0 Å². The van der Waals surface area contributed by atoms with E-state index in [0.29, 0.717) is 6.04 Å². The van der Waals surface area contributed by atoms with Gasteiger partial charge in [-0.2, -0.15) is 0 Å². The van der Waals surface area contributed by atoms with Crippen molar-refractivity contribution in [2.24, 2.45) is 0 Å². The van der Waals surface area contributed by atoms with Crippen LogP contribution in [-0.4, -0.2) is 11.0 Å². The van der Waals surface area contributed by atoms with Crippen LogP contribution in [0.4, 0.5) is 5.69 Å². The first-order chi connectivity index (χ1) is 6.77. The maximum absolute atomic E-state index is 4.07. The van der Waals surface area contributed by atoms with Gasteiger partial charge in [-0.15, -0.1) is 0 Å². The van der Waals surface area contributed by atoms with E-state index in [1.54, 1.807) is 12.4 Å². The molecule has 0 aromatic carbocycles. The molecule has 1 aliphatic rings. The van der Waals surface area contributed by atoms with Crippen molar-refractivity contribution in [3.63, 3.8) is 0 Å². The fourth-order valence-electron chi connectivity index (χ4n) is 1.49. The second-order valence-corrected chi connectivity index (χ2v) is 4.97. The van der Waals surface area contributed by atoms with E-state index in [0.717, 1.165) is 27.5 Å². The zero-order valence-electron chi connectivity index (χ0n) is 7.50. The summed E-state index contributed by atoms with van der Waals surface area (Å²) >= 11 is 6.96. The van der Waals surface area contributed by atoms with Crippen LogP contribution in [-0.2, 0) is 0 Å². The summed E-state index contributed by atoms with van der Waals surface area (Å²) in [6.45, 7) is 0. The van der Waals surface area contributed by atoms with Crippen LogP contribution < -0.4 is 5.32 Å². The first-order valence-electron chi connectivity index (χ1n) is 4.48. The van der Waals surface area contributed by atoms with E-state index in [1.807, 2.05) is 0 Å². The van der Waals surface area contributed by atoms with Crippen LogP contribution in [0.15, 0.2) is 33.5 Å². The number of nitrogens with one attached hydrogen (secondary N) is 1. The molecule has 1 heterocycles. The number of nitrogens with zero attached hydrogens (tertiary/aromatic N) is 1. The molecule has 0 spiro atoms. The SMILES string of the molecule is Brc1cncc(Br)c1NC1CC=CC1. The van der Waals surface area contributed by atoms with Crippen LogP contribution in [0.2, 0.25) is 0 Å². The van der Waals surface area contributed by atoms with Gasteiger partial charge < -0.3 is 5.32 Å². The van der Waals surface area contributed by atoms with Gasteiger partial charge in [-0.25, -0.2) is 0 Å². The van der Waals surface area contributed by atoms with Crippen molar-refractivity contribution in [3.05, 3.63) is 33.5 Å². The number of halogens is 2. The van der Waals surface area contributed by atoms with Gasteiger partial charge in [0, 0.05) is 18.4 Å². The Hall–Kier alpha value is -0.350. The summed E-state index contributed by atoms with van der Waals surface area (Å²) in [7, 11) is 0. The highest BCUT2D eigenvalue weighted by Gasteiger charge is 2.13. The summed E-state index contributed by atoms with van der Waals surface area (Å²) in [4.78, 5) is 4.07. The lowest BCUT2D eigenvalue weighted by Crippen LogP contribution is -2.15. The first-order valence-corrected chi connectivity index (χ1v) is 6.06. The maximum Gasteiger partial charge on any atom is 0.0662 e. The normalized spacial score (nSPS) is 16.1. The van der Waals surface area contributed by atoms with Crippen molar-refractivity contribution < 1.29 is 0 Å². The van der Waals surface area contributed by atoms with Crippen molar-refractivity contribution in [2.45, 2.75) is 18.9 Å². The number of pyridine rings is 1. The van der Waals surface area contributed by atoms with E-state index in [2.05, 4.69) is 54.3 Å². The molecule has 0 bridgehead atoms. The van der Waals surface area contributed by atoms with Gasteiger partial charge in [-0.1, -0.05) is 12.2 Å². The Kier molecular flexibility index (Phi) is 3.23. The standard InChI is InChI=1S/C10H10Br2N2/c11-8-5-13-6-9(12)10(8)14-7-3-1-2-4-7/h1-2,5-7H,3-4H2,(H,13,14). The molecule has 1 aromatic heterocycles. The van der Waals surface area contributed by atoms with E-state index >= 15 is 0 Å². The van der Waals surface area contributed by atoms with Crippen LogP contribution >= 0.6 is 31.9 Å². The van der Waals surface area contributed by atoms with Gasteiger partial charge in [-0.05, 0) is 44.7 Å². The molecule has 74 valence electrons. The van der Waals surface area contributed by atoms with E-state index in [1.165, 1.54) is 0 Å². The Morgan fingerprint density at radius 2 is 1.71 bits per heavy atom. The lowest BCUT2D eigenvalue weighted by atomic mass is 10.2. The molecule has 0 amide bonds. The summed E-state index contributed by atoms with van der Waals surface area (Å²) < 4.78 is 2.00. The summed E-state index contributed by atoms with van der Waals surface area (Å²) in [5.74, 6) is 0. The van der Waals surface area contributed by atoms with Gasteiger partial charge >= 0.3 is 0 Å². The topological polar surface area (TPSA) is 24.9 Å². The molecule has 0 saturated carbocycles. The van der Waals surface area contributed by atoms with Gasteiger partial charge in [0.2, 0.25) is 0 Å². The maximum atomic E-state index is 4.07. The molecule has 0 unspecified atom stereocenters. The van der Waals surface area contributed by atoms with Crippen LogP contribution in [0.25, 0.3) is 0 Å². The Morgan fingerprint density at radius 1 is 1.14 bits per heavy atom.